The highest BCUT2D eigenvalue weighted by molar-refractivity contribution is 6.30. The van der Waals surface area contributed by atoms with Crippen LogP contribution in [0.15, 0.2) is 67.1 Å². The minimum atomic E-state index is -0.104. The molecule has 4 nitrogen and oxygen atoms in total. The Bertz CT molecular complexity index is 814. The first kappa shape index (κ1) is 16.3. The van der Waals surface area contributed by atoms with Crippen molar-refractivity contribution >= 4 is 17.5 Å². The molecule has 1 aromatic heterocycles. The SMILES string of the molecule is O=C(NCCCn1cnc(-c2ccccc2)c1)c1cccc(Cl)c1. The van der Waals surface area contributed by atoms with Crippen molar-refractivity contribution in [2.75, 3.05) is 6.54 Å². The van der Waals surface area contributed by atoms with Crippen LogP contribution in [0, 0.1) is 0 Å². The largest absolute Gasteiger partial charge is 0.352 e. The number of imidazole rings is 1. The molecule has 0 radical (unpaired) electrons. The van der Waals surface area contributed by atoms with Gasteiger partial charge in [0.1, 0.15) is 0 Å². The van der Waals surface area contributed by atoms with E-state index in [0.717, 1.165) is 24.2 Å². The Hall–Kier alpha value is -2.59. The van der Waals surface area contributed by atoms with E-state index in [1.807, 2.05) is 47.4 Å². The third-order valence-electron chi connectivity index (χ3n) is 3.67. The molecule has 1 amide bonds. The van der Waals surface area contributed by atoms with Crippen molar-refractivity contribution in [2.45, 2.75) is 13.0 Å². The Morgan fingerprint density at radius 1 is 1.12 bits per heavy atom. The van der Waals surface area contributed by atoms with Crippen LogP contribution in [0.3, 0.4) is 0 Å². The molecule has 0 saturated heterocycles. The quantitative estimate of drug-likeness (QED) is 0.689. The number of aryl methyl sites for hydroxylation is 1. The summed E-state index contributed by atoms with van der Waals surface area (Å²) in [5, 5.41) is 3.47. The van der Waals surface area contributed by atoms with Crippen molar-refractivity contribution < 1.29 is 4.79 Å². The molecule has 24 heavy (non-hydrogen) atoms. The Morgan fingerprint density at radius 2 is 1.96 bits per heavy atom. The Kier molecular flexibility index (Phi) is 5.29. The molecule has 3 rings (SSSR count). The molecule has 0 aliphatic carbocycles. The van der Waals surface area contributed by atoms with Crippen LogP contribution in [-0.2, 0) is 6.54 Å². The number of carbonyl (C=O) groups excluding carboxylic acids is 1. The van der Waals surface area contributed by atoms with Crippen LogP contribution < -0.4 is 5.32 Å². The van der Waals surface area contributed by atoms with Gasteiger partial charge in [-0.25, -0.2) is 4.98 Å². The summed E-state index contributed by atoms with van der Waals surface area (Å²) in [6.45, 7) is 1.40. The van der Waals surface area contributed by atoms with Crippen LogP contribution in [-0.4, -0.2) is 22.0 Å². The summed E-state index contributed by atoms with van der Waals surface area (Å²) in [5.74, 6) is -0.104. The molecule has 0 fully saturated rings. The first-order valence-electron chi connectivity index (χ1n) is 7.83. The van der Waals surface area contributed by atoms with Gasteiger partial charge in [0.25, 0.3) is 5.91 Å². The van der Waals surface area contributed by atoms with Crippen LogP contribution in [0.25, 0.3) is 11.3 Å². The van der Waals surface area contributed by atoms with Crippen molar-refractivity contribution in [2.24, 2.45) is 0 Å². The highest BCUT2D eigenvalue weighted by atomic mass is 35.5. The van der Waals surface area contributed by atoms with Crippen molar-refractivity contribution in [1.82, 2.24) is 14.9 Å². The number of nitrogens with zero attached hydrogens (tertiary/aromatic N) is 2. The fourth-order valence-corrected chi connectivity index (χ4v) is 2.63. The van der Waals surface area contributed by atoms with Crippen LogP contribution in [0.2, 0.25) is 5.02 Å². The van der Waals surface area contributed by atoms with Gasteiger partial charge in [0, 0.05) is 35.4 Å². The molecule has 2 aromatic carbocycles. The van der Waals surface area contributed by atoms with Gasteiger partial charge in [-0.05, 0) is 24.6 Å². The zero-order valence-corrected chi connectivity index (χ0v) is 13.9. The molecule has 0 aliphatic rings. The Labute approximate surface area is 146 Å². The molecule has 0 spiro atoms. The first-order valence-corrected chi connectivity index (χ1v) is 8.21. The molecule has 0 unspecified atom stereocenters. The van der Waals surface area contributed by atoms with E-state index in [-0.39, 0.29) is 5.91 Å². The second kappa shape index (κ2) is 7.79. The maximum absolute atomic E-state index is 12.0. The van der Waals surface area contributed by atoms with Crippen molar-refractivity contribution in [3.63, 3.8) is 0 Å². The van der Waals surface area contributed by atoms with Crippen LogP contribution in [0.1, 0.15) is 16.8 Å². The van der Waals surface area contributed by atoms with Gasteiger partial charge in [0.05, 0.1) is 12.0 Å². The van der Waals surface area contributed by atoms with Gasteiger partial charge < -0.3 is 9.88 Å². The van der Waals surface area contributed by atoms with Crippen LogP contribution >= 0.6 is 11.6 Å². The average molecular weight is 340 g/mol. The van der Waals surface area contributed by atoms with E-state index in [1.165, 1.54) is 0 Å². The van der Waals surface area contributed by atoms with E-state index in [2.05, 4.69) is 10.3 Å². The van der Waals surface area contributed by atoms with Crippen molar-refractivity contribution in [1.29, 1.82) is 0 Å². The third kappa shape index (κ3) is 4.24. The van der Waals surface area contributed by atoms with Gasteiger partial charge in [-0.3, -0.25) is 4.79 Å². The predicted octanol–water partition coefficient (Wildman–Crippen LogP) is 4.02. The number of halogens is 1. The predicted molar refractivity (Wildman–Crippen MR) is 96.1 cm³/mol. The fraction of sp³-hybridized carbons (Fsp3) is 0.158. The van der Waals surface area contributed by atoms with Crippen LogP contribution in [0.5, 0.6) is 0 Å². The molecule has 0 aliphatic heterocycles. The standard InChI is InChI=1S/C19H18ClN3O/c20-17-9-4-8-16(12-17)19(24)21-10-5-11-23-13-18(22-14-23)15-6-2-1-3-7-15/h1-4,6-9,12-14H,5,10-11H2,(H,21,24). The minimum absolute atomic E-state index is 0.104. The van der Waals surface area contributed by atoms with E-state index in [1.54, 1.807) is 24.3 Å². The van der Waals surface area contributed by atoms with Crippen molar-refractivity contribution in [3.8, 4) is 11.3 Å². The molecular formula is C19H18ClN3O. The maximum atomic E-state index is 12.0. The molecule has 0 bridgehead atoms. The maximum Gasteiger partial charge on any atom is 0.251 e. The van der Waals surface area contributed by atoms with E-state index in [0.29, 0.717) is 17.1 Å². The van der Waals surface area contributed by atoms with Crippen molar-refractivity contribution in [3.05, 3.63) is 77.7 Å². The topological polar surface area (TPSA) is 46.9 Å². The molecule has 5 heteroatoms. The smallest absolute Gasteiger partial charge is 0.251 e. The first-order chi connectivity index (χ1) is 11.7. The number of rotatable bonds is 6. The highest BCUT2D eigenvalue weighted by Crippen LogP contribution is 2.16. The monoisotopic (exact) mass is 339 g/mol. The molecule has 1 heterocycles. The summed E-state index contributed by atoms with van der Waals surface area (Å²) in [7, 11) is 0. The average Bonchev–Trinajstić information content (AvgIpc) is 3.08. The number of aromatic nitrogens is 2. The fourth-order valence-electron chi connectivity index (χ4n) is 2.44. The van der Waals surface area contributed by atoms with Gasteiger partial charge in [-0.15, -0.1) is 0 Å². The van der Waals surface area contributed by atoms with Gasteiger partial charge in [0.2, 0.25) is 0 Å². The second-order valence-electron chi connectivity index (χ2n) is 5.48. The Morgan fingerprint density at radius 3 is 2.75 bits per heavy atom. The molecular weight excluding hydrogens is 322 g/mol. The summed E-state index contributed by atoms with van der Waals surface area (Å²) in [6, 6.07) is 17.0. The number of carbonyl (C=O) groups is 1. The molecule has 0 saturated carbocycles. The molecule has 1 N–H and O–H groups in total. The highest BCUT2D eigenvalue weighted by Gasteiger charge is 2.05. The normalized spacial score (nSPS) is 10.5. The second-order valence-corrected chi connectivity index (χ2v) is 5.92. The van der Waals surface area contributed by atoms with E-state index >= 15 is 0 Å². The summed E-state index contributed by atoms with van der Waals surface area (Å²) >= 11 is 5.89. The number of hydrogen-bond acceptors (Lipinski definition) is 2. The lowest BCUT2D eigenvalue weighted by atomic mass is 10.2. The summed E-state index contributed by atoms with van der Waals surface area (Å²) in [6.07, 6.45) is 4.67. The summed E-state index contributed by atoms with van der Waals surface area (Å²) in [5.41, 5.74) is 2.64. The van der Waals surface area contributed by atoms with Gasteiger partial charge in [0.15, 0.2) is 0 Å². The number of amides is 1. The molecule has 0 atom stereocenters. The lowest BCUT2D eigenvalue weighted by Crippen LogP contribution is -2.25. The lowest BCUT2D eigenvalue weighted by molar-refractivity contribution is 0.0952. The number of benzene rings is 2. The third-order valence-corrected chi connectivity index (χ3v) is 3.90. The lowest BCUT2D eigenvalue weighted by Gasteiger charge is -2.06. The van der Waals surface area contributed by atoms with Gasteiger partial charge in [-0.2, -0.15) is 0 Å². The Balaban J connectivity index is 1.47. The summed E-state index contributed by atoms with van der Waals surface area (Å²) in [4.78, 5) is 16.4. The number of hydrogen-bond donors (Lipinski definition) is 1. The minimum Gasteiger partial charge on any atom is -0.352 e. The van der Waals surface area contributed by atoms with E-state index in [4.69, 9.17) is 11.6 Å². The zero-order valence-electron chi connectivity index (χ0n) is 13.2. The van der Waals surface area contributed by atoms with Crippen LogP contribution in [0.4, 0.5) is 0 Å². The molecule has 3 aromatic rings. The van der Waals surface area contributed by atoms with Gasteiger partial charge >= 0.3 is 0 Å². The van der Waals surface area contributed by atoms with E-state index in [9.17, 15) is 4.79 Å². The summed E-state index contributed by atoms with van der Waals surface area (Å²) < 4.78 is 2.04. The van der Waals surface area contributed by atoms with E-state index < -0.39 is 0 Å². The zero-order chi connectivity index (χ0) is 16.8. The van der Waals surface area contributed by atoms with Gasteiger partial charge in [-0.1, -0.05) is 48.0 Å². The number of nitrogens with one attached hydrogen (secondary N) is 1. The molecule has 122 valence electrons.